The highest BCUT2D eigenvalue weighted by Crippen LogP contribution is 2.27. The number of nitrogens with one attached hydrogen (secondary N) is 1. The van der Waals surface area contributed by atoms with Gasteiger partial charge >= 0.3 is 0 Å². The number of benzene rings is 2. The highest BCUT2D eigenvalue weighted by atomic mass is 35.5. The number of nitrogens with two attached hydrogens (primary N) is 1. The number of rotatable bonds is 2. The van der Waals surface area contributed by atoms with E-state index in [0.29, 0.717) is 10.7 Å². The molecule has 0 saturated carbocycles. The molecule has 0 aliphatic heterocycles. The second-order valence-corrected chi connectivity index (χ2v) is 4.33. The Morgan fingerprint density at radius 2 is 2.06 bits per heavy atom. The summed E-state index contributed by atoms with van der Waals surface area (Å²) in [6.45, 7) is 0. The van der Waals surface area contributed by atoms with Crippen molar-refractivity contribution in [2.45, 2.75) is 0 Å². The number of hydrogen-bond acceptors (Lipinski definition) is 4. The van der Waals surface area contributed by atoms with E-state index in [1.165, 1.54) is 6.39 Å². The minimum absolute atomic E-state index is 0.632. The van der Waals surface area contributed by atoms with E-state index in [9.17, 15) is 0 Å². The second kappa shape index (κ2) is 4.23. The first-order valence-corrected chi connectivity index (χ1v) is 5.75. The van der Waals surface area contributed by atoms with Crippen LogP contribution in [0, 0.1) is 0 Å². The zero-order chi connectivity index (χ0) is 12.5. The molecule has 0 unspecified atom stereocenters. The molecule has 0 radical (unpaired) electrons. The van der Waals surface area contributed by atoms with E-state index in [0.717, 1.165) is 22.5 Å². The first-order valence-electron chi connectivity index (χ1n) is 5.38. The predicted octanol–water partition coefficient (Wildman–Crippen LogP) is 3.81. The largest absolute Gasteiger partial charge is 0.443 e. The number of nitrogen functional groups attached to an aromatic ring is 1. The van der Waals surface area contributed by atoms with E-state index in [4.69, 9.17) is 21.8 Å². The molecule has 2 aromatic carbocycles. The first kappa shape index (κ1) is 10.9. The van der Waals surface area contributed by atoms with Crippen molar-refractivity contribution in [3.8, 4) is 0 Å². The maximum atomic E-state index is 5.94. The normalized spacial score (nSPS) is 10.7. The van der Waals surface area contributed by atoms with E-state index in [-0.39, 0.29) is 0 Å². The van der Waals surface area contributed by atoms with Gasteiger partial charge in [0.05, 0.1) is 11.4 Å². The van der Waals surface area contributed by atoms with Crippen LogP contribution in [0.3, 0.4) is 0 Å². The third-order valence-corrected chi connectivity index (χ3v) is 2.86. The Morgan fingerprint density at radius 3 is 2.94 bits per heavy atom. The molecule has 0 amide bonds. The summed E-state index contributed by atoms with van der Waals surface area (Å²) in [5, 5.41) is 3.83. The van der Waals surface area contributed by atoms with Gasteiger partial charge in [-0.1, -0.05) is 11.6 Å². The molecule has 90 valence electrons. The van der Waals surface area contributed by atoms with Gasteiger partial charge in [-0.2, -0.15) is 0 Å². The number of oxazole rings is 1. The summed E-state index contributed by atoms with van der Waals surface area (Å²) in [5.74, 6) is 0. The molecule has 0 fully saturated rings. The monoisotopic (exact) mass is 259 g/mol. The zero-order valence-corrected chi connectivity index (χ0v) is 10.1. The topological polar surface area (TPSA) is 64.1 Å². The van der Waals surface area contributed by atoms with Crippen molar-refractivity contribution >= 4 is 39.8 Å². The first-order chi connectivity index (χ1) is 8.72. The molecule has 0 atom stereocenters. The quantitative estimate of drug-likeness (QED) is 0.687. The highest BCUT2D eigenvalue weighted by molar-refractivity contribution is 6.31. The lowest BCUT2D eigenvalue weighted by Crippen LogP contribution is -1.95. The number of hydrogen-bond donors (Lipinski definition) is 2. The van der Waals surface area contributed by atoms with Crippen LogP contribution in [-0.2, 0) is 0 Å². The Morgan fingerprint density at radius 1 is 1.17 bits per heavy atom. The Labute approximate surface area is 108 Å². The van der Waals surface area contributed by atoms with E-state index < -0.39 is 0 Å². The number of anilines is 3. The van der Waals surface area contributed by atoms with Crippen LogP contribution in [0.4, 0.5) is 17.1 Å². The molecule has 0 spiro atoms. The van der Waals surface area contributed by atoms with E-state index >= 15 is 0 Å². The zero-order valence-electron chi connectivity index (χ0n) is 9.35. The van der Waals surface area contributed by atoms with Crippen molar-refractivity contribution < 1.29 is 4.42 Å². The average molecular weight is 260 g/mol. The molecule has 1 aromatic heterocycles. The molecular weight excluding hydrogens is 250 g/mol. The number of fused-ring (bicyclic) bond motifs is 1. The van der Waals surface area contributed by atoms with Gasteiger partial charge in [0.2, 0.25) is 0 Å². The fourth-order valence-electron chi connectivity index (χ4n) is 1.73. The minimum atomic E-state index is 0.632. The lowest BCUT2D eigenvalue weighted by Gasteiger charge is -2.09. The van der Waals surface area contributed by atoms with E-state index in [2.05, 4.69) is 10.3 Å². The average Bonchev–Trinajstić information content (AvgIpc) is 2.81. The van der Waals surface area contributed by atoms with E-state index in [1.54, 1.807) is 18.2 Å². The standard InChI is InChI=1S/C13H10ClN3O/c14-8-1-3-10(15)12(5-8)17-9-2-4-11-13(6-9)18-7-16-11/h1-7,17H,15H2. The predicted molar refractivity (Wildman–Crippen MR) is 73.2 cm³/mol. The second-order valence-electron chi connectivity index (χ2n) is 3.89. The third-order valence-electron chi connectivity index (χ3n) is 2.63. The molecule has 0 bridgehead atoms. The smallest absolute Gasteiger partial charge is 0.181 e. The summed E-state index contributed by atoms with van der Waals surface area (Å²) in [6.07, 6.45) is 1.42. The van der Waals surface area contributed by atoms with Gasteiger partial charge in [0, 0.05) is 16.8 Å². The van der Waals surface area contributed by atoms with Crippen LogP contribution in [0.15, 0.2) is 47.2 Å². The summed E-state index contributed by atoms with van der Waals surface area (Å²) in [6, 6.07) is 10.9. The minimum Gasteiger partial charge on any atom is -0.443 e. The fourth-order valence-corrected chi connectivity index (χ4v) is 1.90. The number of halogens is 1. The molecule has 1 heterocycles. The van der Waals surface area contributed by atoms with Crippen molar-refractivity contribution in [1.29, 1.82) is 0 Å². The van der Waals surface area contributed by atoms with Crippen LogP contribution in [0.5, 0.6) is 0 Å². The number of aromatic nitrogens is 1. The van der Waals surface area contributed by atoms with Gasteiger partial charge < -0.3 is 15.5 Å². The van der Waals surface area contributed by atoms with Crippen molar-refractivity contribution in [3.63, 3.8) is 0 Å². The summed E-state index contributed by atoms with van der Waals surface area (Å²) in [7, 11) is 0. The van der Waals surface area contributed by atoms with Crippen molar-refractivity contribution in [2.24, 2.45) is 0 Å². The maximum Gasteiger partial charge on any atom is 0.181 e. The van der Waals surface area contributed by atoms with Crippen LogP contribution in [-0.4, -0.2) is 4.98 Å². The molecule has 5 heteroatoms. The molecule has 3 aromatic rings. The SMILES string of the molecule is Nc1ccc(Cl)cc1Nc1ccc2ncoc2c1. The van der Waals surface area contributed by atoms with Crippen molar-refractivity contribution in [1.82, 2.24) is 4.98 Å². The van der Waals surface area contributed by atoms with Gasteiger partial charge in [-0.3, -0.25) is 0 Å². The fraction of sp³-hybridized carbons (Fsp3) is 0. The van der Waals surface area contributed by atoms with Crippen molar-refractivity contribution in [3.05, 3.63) is 47.8 Å². The van der Waals surface area contributed by atoms with Crippen LogP contribution in [0.2, 0.25) is 5.02 Å². The highest BCUT2D eigenvalue weighted by Gasteiger charge is 2.03. The van der Waals surface area contributed by atoms with Crippen LogP contribution in [0.25, 0.3) is 11.1 Å². The lowest BCUT2D eigenvalue weighted by atomic mass is 10.2. The molecule has 0 saturated heterocycles. The Bertz CT molecular complexity index is 708. The van der Waals surface area contributed by atoms with Gasteiger partial charge in [-0.05, 0) is 30.3 Å². The number of nitrogens with zero attached hydrogens (tertiary/aromatic N) is 1. The van der Waals surface area contributed by atoms with Crippen molar-refractivity contribution in [2.75, 3.05) is 11.1 Å². The van der Waals surface area contributed by atoms with Gasteiger partial charge in [0.25, 0.3) is 0 Å². The summed E-state index contributed by atoms with van der Waals surface area (Å²) in [4.78, 5) is 4.06. The molecule has 4 nitrogen and oxygen atoms in total. The van der Waals surface area contributed by atoms with Gasteiger partial charge in [-0.25, -0.2) is 4.98 Å². The molecule has 3 rings (SSSR count). The van der Waals surface area contributed by atoms with E-state index in [1.807, 2.05) is 18.2 Å². The molecule has 0 aliphatic rings. The van der Waals surface area contributed by atoms with Gasteiger partial charge in [0.15, 0.2) is 12.0 Å². The lowest BCUT2D eigenvalue weighted by molar-refractivity contribution is 0.602. The molecule has 3 N–H and O–H groups in total. The molecule has 18 heavy (non-hydrogen) atoms. The maximum absolute atomic E-state index is 5.94. The van der Waals surface area contributed by atoms with Crippen LogP contribution < -0.4 is 11.1 Å². The van der Waals surface area contributed by atoms with Gasteiger partial charge in [0.1, 0.15) is 5.52 Å². The Hall–Kier alpha value is -2.20. The molecular formula is C13H10ClN3O. The Balaban J connectivity index is 1.97. The van der Waals surface area contributed by atoms with Crippen LogP contribution >= 0.6 is 11.6 Å². The summed E-state index contributed by atoms with van der Waals surface area (Å²) in [5.41, 5.74) is 9.68. The third kappa shape index (κ3) is 1.98. The Kier molecular flexibility index (Phi) is 2.57. The summed E-state index contributed by atoms with van der Waals surface area (Å²) < 4.78 is 5.24. The molecule has 0 aliphatic carbocycles. The van der Waals surface area contributed by atoms with Gasteiger partial charge in [-0.15, -0.1) is 0 Å². The summed E-state index contributed by atoms with van der Waals surface area (Å²) >= 11 is 5.94. The van der Waals surface area contributed by atoms with Crippen LogP contribution in [0.1, 0.15) is 0 Å².